The summed E-state index contributed by atoms with van der Waals surface area (Å²) in [7, 11) is 3.17. The Kier molecular flexibility index (Phi) is 5.62. The Morgan fingerprint density at radius 3 is 2.77 bits per heavy atom. The summed E-state index contributed by atoms with van der Waals surface area (Å²) in [6, 6.07) is 3.34. The van der Waals surface area contributed by atoms with Crippen molar-refractivity contribution < 1.29 is 19.0 Å². The molecule has 2 aliphatic rings. The van der Waals surface area contributed by atoms with Crippen LogP contribution < -0.4 is 9.47 Å². The number of allylic oxidation sites excluding steroid dienone is 1. The van der Waals surface area contributed by atoms with Gasteiger partial charge < -0.3 is 19.1 Å². The summed E-state index contributed by atoms with van der Waals surface area (Å²) >= 11 is 5.03. The SMILES string of the molecule is CCOC(=O)C1=C(C)N=C2SC=CN2[C@@H]1c1cc(Br)cc(OC)c1OC. The largest absolute Gasteiger partial charge is 0.493 e. The maximum atomic E-state index is 12.7. The minimum Gasteiger partial charge on any atom is -0.493 e. The van der Waals surface area contributed by atoms with Crippen LogP contribution in [0.3, 0.4) is 0 Å². The summed E-state index contributed by atoms with van der Waals surface area (Å²) in [5, 5.41) is 2.75. The van der Waals surface area contributed by atoms with Crippen molar-refractivity contribution in [2.75, 3.05) is 20.8 Å². The van der Waals surface area contributed by atoms with Crippen LogP contribution in [0.4, 0.5) is 0 Å². The predicted octanol–water partition coefficient (Wildman–Crippen LogP) is 4.23. The van der Waals surface area contributed by atoms with E-state index in [2.05, 4.69) is 20.9 Å². The number of thioether (sulfide) groups is 1. The number of carbonyl (C=O) groups is 1. The van der Waals surface area contributed by atoms with Crippen LogP contribution in [0.15, 0.2) is 44.5 Å². The Morgan fingerprint density at radius 2 is 2.12 bits per heavy atom. The fourth-order valence-corrected chi connectivity index (χ4v) is 4.28. The molecule has 3 rings (SSSR count). The molecule has 0 unspecified atom stereocenters. The molecule has 0 saturated carbocycles. The predicted molar refractivity (Wildman–Crippen MR) is 105 cm³/mol. The molecule has 1 aromatic rings. The van der Waals surface area contributed by atoms with E-state index in [0.29, 0.717) is 29.4 Å². The maximum absolute atomic E-state index is 12.7. The standard InChI is InChI=1S/C18H19BrN2O4S/c1-5-25-17(22)14-10(2)20-18-21(6-7-26-18)15(14)12-8-11(19)9-13(23-3)16(12)24-4/h6-9,15H,5H2,1-4H3/t15-/m1/s1. The highest BCUT2D eigenvalue weighted by Gasteiger charge is 2.39. The highest BCUT2D eigenvalue weighted by molar-refractivity contribution is 9.10. The molecule has 8 heteroatoms. The zero-order valence-electron chi connectivity index (χ0n) is 14.9. The third kappa shape index (κ3) is 3.23. The number of methoxy groups -OCH3 is 2. The number of nitrogens with zero attached hydrogens (tertiary/aromatic N) is 2. The summed E-state index contributed by atoms with van der Waals surface area (Å²) in [6.45, 7) is 3.90. The normalized spacial score (nSPS) is 18.6. The molecule has 2 heterocycles. The molecular weight excluding hydrogens is 420 g/mol. The molecule has 6 nitrogen and oxygen atoms in total. The number of benzene rings is 1. The highest BCUT2D eigenvalue weighted by atomic mass is 79.9. The monoisotopic (exact) mass is 438 g/mol. The van der Waals surface area contributed by atoms with Crippen LogP contribution in [0.2, 0.25) is 0 Å². The summed E-state index contributed by atoms with van der Waals surface area (Å²) in [4.78, 5) is 19.2. The van der Waals surface area contributed by atoms with E-state index in [4.69, 9.17) is 14.2 Å². The van der Waals surface area contributed by atoms with Gasteiger partial charge in [0.05, 0.1) is 38.1 Å². The average molecular weight is 439 g/mol. The Balaban J connectivity index is 2.23. The van der Waals surface area contributed by atoms with Gasteiger partial charge in [-0.2, -0.15) is 0 Å². The fraction of sp³-hybridized carbons (Fsp3) is 0.333. The van der Waals surface area contributed by atoms with Gasteiger partial charge in [0.2, 0.25) is 0 Å². The second-order valence-corrected chi connectivity index (χ2v) is 7.35. The smallest absolute Gasteiger partial charge is 0.338 e. The molecule has 0 aliphatic carbocycles. The fourth-order valence-electron chi connectivity index (χ4n) is 3.04. The Labute approximate surface area is 165 Å². The number of hydrogen-bond acceptors (Lipinski definition) is 7. The zero-order chi connectivity index (χ0) is 18.8. The topological polar surface area (TPSA) is 60.4 Å². The van der Waals surface area contributed by atoms with E-state index in [0.717, 1.165) is 15.2 Å². The van der Waals surface area contributed by atoms with Gasteiger partial charge in [-0.1, -0.05) is 27.7 Å². The van der Waals surface area contributed by atoms with Crippen molar-refractivity contribution in [3.63, 3.8) is 0 Å². The van der Waals surface area contributed by atoms with E-state index in [9.17, 15) is 4.79 Å². The lowest BCUT2D eigenvalue weighted by molar-refractivity contribution is -0.139. The van der Waals surface area contributed by atoms with Gasteiger partial charge >= 0.3 is 5.97 Å². The summed E-state index contributed by atoms with van der Waals surface area (Å²) < 4.78 is 17.2. The summed E-state index contributed by atoms with van der Waals surface area (Å²) in [5.41, 5.74) is 1.92. The van der Waals surface area contributed by atoms with E-state index in [1.807, 2.05) is 35.6 Å². The first-order chi connectivity index (χ1) is 12.5. The first kappa shape index (κ1) is 18.8. The molecule has 0 N–H and O–H groups in total. The number of aliphatic imine (C=N–C) groups is 1. The van der Waals surface area contributed by atoms with Gasteiger partial charge in [0.25, 0.3) is 0 Å². The average Bonchev–Trinajstić information content (AvgIpc) is 3.07. The molecule has 1 aromatic carbocycles. The molecule has 138 valence electrons. The van der Waals surface area contributed by atoms with Crippen LogP contribution >= 0.6 is 27.7 Å². The van der Waals surface area contributed by atoms with Crippen LogP contribution in [-0.2, 0) is 9.53 Å². The number of rotatable bonds is 5. The maximum Gasteiger partial charge on any atom is 0.338 e. The number of esters is 1. The Bertz CT molecular complexity index is 835. The van der Waals surface area contributed by atoms with Crippen LogP contribution in [0.1, 0.15) is 25.5 Å². The van der Waals surface area contributed by atoms with E-state index in [1.54, 1.807) is 21.1 Å². The molecule has 0 radical (unpaired) electrons. The lowest BCUT2D eigenvalue weighted by atomic mass is 9.93. The molecule has 2 aliphatic heterocycles. The second kappa shape index (κ2) is 7.75. The lowest BCUT2D eigenvalue weighted by Crippen LogP contribution is -2.34. The van der Waals surface area contributed by atoms with E-state index in [-0.39, 0.29) is 5.97 Å². The van der Waals surface area contributed by atoms with Gasteiger partial charge in [0.1, 0.15) is 0 Å². The Morgan fingerprint density at radius 1 is 1.35 bits per heavy atom. The van der Waals surface area contributed by atoms with Gasteiger partial charge in [-0.15, -0.1) is 0 Å². The molecule has 0 aromatic heterocycles. The highest BCUT2D eigenvalue weighted by Crippen LogP contribution is 2.47. The van der Waals surface area contributed by atoms with Gasteiger partial charge in [-0.25, -0.2) is 9.79 Å². The van der Waals surface area contributed by atoms with Crippen molar-refractivity contribution in [1.29, 1.82) is 0 Å². The van der Waals surface area contributed by atoms with Crippen molar-refractivity contribution in [2.45, 2.75) is 19.9 Å². The summed E-state index contributed by atoms with van der Waals surface area (Å²) in [6.07, 6.45) is 1.91. The number of carbonyl (C=O) groups excluding carboxylic acids is 1. The third-order valence-electron chi connectivity index (χ3n) is 4.08. The first-order valence-electron chi connectivity index (χ1n) is 8.01. The van der Waals surface area contributed by atoms with Gasteiger partial charge in [-0.3, -0.25) is 0 Å². The van der Waals surface area contributed by atoms with Gasteiger partial charge in [0.15, 0.2) is 16.7 Å². The van der Waals surface area contributed by atoms with Crippen molar-refractivity contribution in [1.82, 2.24) is 4.90 Å². The van der Waals surface area contributed by atoms with Crippen molar-refractivity contribution in [3.05, 3.63) is 45.0 Å². The first-order valence-corrected chi connectivity index (χ1v) is 9.68. The van der Waals surface area contributed by atoms with Crippen LogP contribution in [0.5, 0.6) is 11.5 Å². The molecule has 0 amide bonds. The van der Waals surface area contributed by atoms with Crippen LogP contribution in [0, 0.1) is 0 Å². The number of hydrogen-bond donors (Lipinski definition) is 0. The summed E-state index contributed by atoms with van der Waals surface area (Å²) in [5.74, 6) is 0.767. The molecule has 0 fully saturated rings. The van der Waals surface area contributed by atoms with E-state index in [1.165, 1.54) is 11.8 Å². The third-order valence-corrected chi connectivity index (χ3v) is 5.31. The van der Waals surface area contributed by atoms with E-state index >= 15 is 0 Å². The number of amidine groups is 1. The molecule has 0 spiro atoms. The molecule has 0 bridgehead atoms. The molecule has 1 atom stereocenters. The molecule has 0 saturated heterocycles. The van der Waals surface area contributed by atoms with Gasteiger partial charge in [-0.05, 0) is 31.4 Å². The Hall–Kier alpha value is -1.93. The number of halogens is 1. The molecule has 26 heavy (non-hydrogen) atoms. The van der Waals surface area contributed by atoms with E-state index < -0.39 is 6.04 Å². The van der Waals surface area contributed by atoms with Crippen LogP contribution in [-0.4, -0.2) is 36.9 Å². The zero-order valence-corrected chi connectivity index (χ0v) is 17.3. The van der Waals surface area contributed by atoms with Crippen molar-refractivity contribution in [2.24, 2.45) is 4.99 Å². The van der Waals surface area contributed by atoms with Crippen LogP contribution in [0.25, 0.3) is 0 Å². The minimum absolute atomic E-state index is 0.294. The van der Waals surface area contributed by atoms with Crippen molar-refractivity contribution >= 4 is 38.8 Å². The second-order valence-electron chi connectivity index (χ2n) is 5.56. The van der Waals surface area contributed by atoms with Crippen molar-refractivity contribution in [3.8, 4) is 11.5 Å². The quantitative estimate of drug-likeness (QED) is 0.640. The minimum atomic E-state index is -0.422. The van der Waals surface area contributed by atoms with Gasteiger partial charge in [0, 0.05) is 16.2 Å². The number of fused-ring (bicyclic) bond motifs is 1. The lowest BCUT2D eigenvalue weighted by Gasteiger charge is -2.34. The molecular formula is C18H19BrN2O4S. The number of ether oxygens (including phenoxy) is 3.